The predicted molar refractivity (Wildman–Crippen MR) is 51.2 cm³/mol. The Morgan fingerprint density at radius 1 is 1.50 bits per heavy atom. The van der Waals surface area contributed by atoms with Crippen LogP contribution in [0.3, 0.4) is 0 Å². The van der Waals surface area contributed by atoms with Crippen LogP contribution in [0.15, 0.2) is 12.2 Å². The molecule has 12 heavy (non-hydrogen) atoms. The minimum absolute atomic E-state index is 0.371. The topological polar surface area (TPSA) is 29.5 Å². The Bertz CT molecular complexity index is 121. The van der Waals surface area contributed by atoms with Crippen LogP contribution >= 0.6 is 0 Å². The second-order valence-corrected chi connectivity index (χ2v) is 3.04. The van der Waals surface area contributed by atoms with Crippen LogP contribution in [0.25, 0.3) is 0 Å². The Hall–Kier alpha value is -0.340. The lowest BCUT2D eigenvalue weighted by atomic mass is 10.1. The molecule has 0 aliphatic carbocycles. The van der Waals surface area contributed by atoms with Gasteiger partial charge in [0, 0.05) is 6.61 Å². The van der Waals surface area contributed by atoms with Crippen LogP contribution in [0.2, 0.25) is 0 Å². The second kappa shape index (κ2) is 7.32. The van der Waals surface area contributed by atoms with Crippen molar-refractivity contribution in [2.75, 3.05) is 13.2 Å². The number of ether oxygens (including phenoxy) is 1. The number of hydrogen-bond acceptors (Lipinski definition) is 2. The highest BCUT2D eigenvalue weighted by molar-refractivity contribution is 4.94. The first-order chi connectivity index (χ1) is 5.70. The van der Waals surface area contributed by atoms with E-state index in [-0.39, 0.29) is 6.10 Å². The van der Waals surface area contributed by atoms with Crippen molar-refractivity contribution in [3.8, 4) is 0 Å². The molecule has 0 rings (SSSR count). The lowest BCUT2D eigenvalue weighted by Gasteiger charge is -2.11. The number of rotatable bonds is 7. The van der Waals surface area contributed by atoms with Gasteiger partial charge in [-0.25, -0.2) is 0 Å². The monoisotopic (exact) mass is 172 g/mol. The van der Waals surface area contributed by atoms with Gasteiger partial charge < -0.3 is 9.84 Å². The molecule has 0 aliphatic heterocycles. The standard InChI is InChI=1S/C10H20O2/c1-4-6-12-8-10(11)7-9(3)5-2/h10-11H,3-8H2,1-2H3. The number of hydrogen-bond donors (Lipinski definition) is 1. The Kier molecular flexibility index (Phi) is 7.11. The van der Waals surface area contributed by atoms with Crippen molar-refractivity contribution in [2.24, 2.45) is 0 Å². The molecule has 0 saturated carbocycles. The van der Waals surface area contributed by atoms with Crippen LogP contribution in [-0.2, 0) is 4.74 Å². The first-order valence-corrected chi connectivity index (χ1v) is 4.63. The molecule has 1 N–H and O–H groups in total. The van der Waals surface area contributed by atoms with Crippen molar-refractivity contribution < 1.29 is 9.84 Å². The minimum Gasteiger partial charge on any atom is -0.390 e. The van der Waals surface area contributed by atoms with E-state index >= 15 is 0 Å². The van der Waals surface area contributed by atoms with Gasteiger partial charge in [0.2, 0.25) is 0 Å². The molecule has 2 nitrogen and oxygen atoms in total. The molecule has 0 aliphatic rings. The van der Waals surface area contributed by atoms with Crippen LogP contribution in [0.5, 0.6) is 0 Å². The lowest BCUT2D eigenvalue weighted by molar-refractivity contribution is 0.0372. The van der Waals surface area contributed by atoms with Crippen molar-refractivity contribution in [1.82, 2.24) is 0 Å². The first-order valence-electron chi connectivity index (χ1n) is 4.63. The van der Waals surface area contributed by atoms with E-state index in [1.807, 2.05) is 6.92 Å². The summed E-state index contributed by atoms with van der Waals surface area (Å²) in [6, 6.07) is 0. The fourth-order valence-electron chi connectivity index (χ4n) is 0.900. The number of aliphatic hydroxyl groups is 1. The molecule has 0 heterocycles. The average Bonchev–Trinajstić information content (AvgIpc) is 2.05. The van der Waals surface area contributed by atoms with Crippen LogP contribution in [-0.4, -0.2) is 24.4 Å². The van der Waals surface area contributed by atoms with Crippen LogP contribution < -0.4 is 0 Å². The fraction of sp³-hybridized carbons (Fsp3) is 0.800. The highest BCUT2D eigenvalue weighted by Crippen LogP contribution is 2.06. The summed E-state index contributed by atoms with van der Waals surface area (Å²) in [5.74, 6) is 0. The summed E-state index contributed by atoms with van der Waals surface area (Å²) in [5.41, 5.74) is 1.09. The normalized spacial score (nSPS) is 12.9. The zero-order valence-corrected chi connectivity index (χ0v) is 8.18. The third kappa shape index (κ3) is 6.38. The van der Waals surface area contributed by atoms with E-state index in [1.165, 1.54) is 0 Å². The summed E-state index contributed by atoms with van der Waals surface area (Å²) < 4.78 is 5.20. The lowest BCUT2D eigenvalue weighted by Crippen LogP contribution is -2.16. The molecular formula is C10H20O2. The number of aliphatic hydroxyl groups excluding tert-OH is 1. The summed E-state index contributed by atoms with van der Waals surface area (Å²) >= 11 is 0. The van der Waals surface area contributed by atoms with E-state index in [0.717, 1.165) is 25.0 Å². The molecule has 0 saturated heterocycles. The molecule has 1 unspecified atom stereocenters. The predicted octanol–water partition coefficient (Wildman–Crippen LogP) is 2.13. The van der Waals surface area contributed by atoms with Crippen molar-refractivity contribution in [3.63, 3.8) is 0 Å². The molecule has 2 heteroatoms. The third-order valence-electron chi connectivity index (χ3n) is 1.68. The molecule has 0 fully saturated rings. The second-order valence-electron chi connectivity index (χ2n) is 3.04. The Morgan fingerprint density at radius 2 is 2.17 bits per heavy atom. The third-order valence-corrected chi connectivity index (χ3v) is 1.68. The van der Waals surface area contributed by atoms with Gasteiger partial charge in [0.1, 0.15) is 0 Å². The molecule has 0 amide bonds. The van der Waals surface area contributed by atoms with E-state index in [9.17, 15) is 5.11 Å². The molecule has 0 aromatic rings. The Labute approximate surface area is 75.2 Å². The maximum absolute atomic E-state index is 9.39. The molecule has 1 atom stereocenters. The first kappa shape index (κ1) is 11.7. The maximum Gasteiger partial charge on any atom is 0.0810 e. The summed E-state index contributed by atoms with van der Waals surface area (Å²) in [7, 11) is 0. The van der Waals surface area contributed by atoms with Gasteiger partial charge in [-0.3, -0.25) is 0 Å². The molecule has 0 bridgehead atoms. The van der Waals surface area contributed by atoms with Gasteiger partial charge in [-0.15, -0.1) is 0 Å². The quantitative estimate of drug-likeness (QED) is 0.471. The van der Waals surface area contributed by atoms with Gasteiger partial charge in [0.25, 0.3) is 0 Å². The Morgan fingerprint density at radius 3 is 2.67 bits per heavy atom. The summed E-state index contributed by atoms with van der Waals surface area (Å²) in [4.78, 5) is 0. The zero-order chi connectivity index (χ0) is 9.40. The average molecular weight is 172 g/mol. The highest BCUT2D eigenvalue weighted by Gasteiger charge is 2.04. The Balaban J connectivity index is 3.32. The smallest absolute Gasteiger partial charge is 0.0810 e. The van der Waals surface area contributed by atoms with Crippen molar-refractivity contribution in [2.45, 2.75) is 39.2 Å². The summed E-state index contributed by atoms with van der Waals surface area (Å²) in [6.07, 6.45) is 2.23. The van der Waals surface area contributed by atoms with Gasteiger partial charge in [-0.2, -0.15) is 0 Å². The van der Waals surface area contributed by atoms with Crippen molar-refractivity contribution in [3.05, 3.63) is 12.2 Å². The molecular weight excluding hydrogens is 152 g/mol. The highest BCUT2D eigenvalue weighted by atomic mass is 16.5. The van der Waals surface area contributed by atoms with E-state index in [0.29, 0.717) is 13.0 Å². The fourth-order valence-corrected chi connectivity index (χ4v) is 0.900. The molecule has 0 aromatic carbocycles. The maximum atomic E-state index is 9.39. The van der Waals surface area contributed by atoms with Crippen LogP contribution in [0, 0.1) is 0 Å². The van der Waals surface area contributed by atoms with E-state index in [2.05, 4.69) is 13.5 Å². The summed E-state index contributed by atoms with van der Waals surface area (Å²) in [6.45, 7) is 9.09. The molecule has 0 aromatic heterocycles. The SMILES string of the molecule is C=C(CC)CC(O)COCCC. The van der Waals surface area contributed by atoms with Crippen LogP contribution in [0.1, 0.15) is 33.1 Å². The zero-order valence-electron chi connectivity index (χ0n) is 8.18. The summed E-state index contributed by atoms with van der Waals surface area (Å²) in [5, 5.41) is 9.39. The minimum atomic E-state index is -0.371. The van der Waals surface area contributed by atoms with Gasteiger partial charge in [0.05, 0.1) is 12.7 Å². The molecule has 0 radical (unpaired) electrons. The molecule has 72 valence electrons. The van der Waals surface area contributed by atoms with Gasteiger partial charge in [0.15, 0.2) is 0 Å². The van der Waals surface area contributed by atoms with E-state index in [4.69, 9.17) is 4.74 Å². The van der Waals surface area contributed by atoms with Crippen LogP contribution in [0.4, 0.5) is 0 Å². The molecule has 0 spiro atoms. The largest absolute Gasteiger partial charge is 0.390 e. The van der Waals surface area contributed by atoms with Crippen molar-refractivity contribution >= 4 is 0 Å². The van der Waals surface area contributed by atoms with E-state index < -0.39 is 0 Å². The van der Waals surface area contributed by atoms with E-state index in [1.54, 1.807) is 0 Å². The van der Waals surface area contributed by atoms with Gasteiger partial charge in [-0.1, -0.05) is 26.0 Å². The van der Waals surface area contributed by atoms with Gasteiger partial charge in [-0.05, 0) is 19.3 Å². The van der Waals surface area contributed by atoms with Crippen molar-refractivity contribution in [1.29, 1.82) is 0 Å². The van der Waals surface area contributed by atoms with Gasteiger partial charge >= 0.3 is 0 Å².